The summed E-state index contributed by atoms with van der Waals surface area (Å²) in [6.07, 6.45) is 0.216. The number of hydrogen-bond acceptors (Lipinski definition) is 3. The van der Waals surface area contributed by atoms with Gasteiger partial charge in [0.15, 0.2) is 0 Å². The van der Waals surface area contributed by atoms with Crippen LogP contribution in [0, 0.1) is 0 Å². The Hall–Kier alpha value is -1.01. The van der Waals surface area contributed by atoms with Crippen LogP contribution in [0.2, 0.25) is 10.0 Å². The molecule has 21 heavy (non-hydrogen) atoms. The van der Waals surface area contributed by atoms with E-state index < -0.39 is 0 Å². The zero-order chi connectivity index (χ0) is 15.1. The third kappa shape index (κ3) is 6.09. The van der Waals surface area contributed by atoms with Crippen LogP contribution in [0.25, 0.3) is 0 Å². The number of carbonyl (C=O) groups is 2. The maximum absolute atomic E-state index is 11.9. The number of halogens is 3. The van der Waals surface area contributed by atoms with Gasteiger partial charge >= 0.3 is 0 Å². The number of benzene rings is 1. The van der Waals surface area contributed by atoms with Crippen LogP contribution in [-0.2, 0) is 9.59 Å². The number of rotatable bonds is 6. The summed E-state index contributed by atoms with van der Waals surface area (Å²) < 4.78 is 0. The van der Waals surface area contributed by atoms with E-state index in [1.165, 1.54) is 4.90 Å². The van der Waals surface area contributed by atoms with Gasteiger partial charge in [-0.05, 0) is 19.1 Å². The molecule has 0 radical (unpaired) electrons. The predicted molar refractivity (Wildman–Crippen MR) is 88.3 cm³/mol. The third-order valence-corrected chi connectivity index (χ3v) is 3.28. The Morgan fingerprint density at radius 3 is 2.33 bits per heavy atom. The van der Waals surface area contributed by atoms with Crippen LogP contribution < -0.4 is 11.1 Å². The molecule has 1 aromatic rings. The molecule has 0 atom stereocenters. The zero-order valence-electron chi connectivity index (χ0n) is 11.6. The van der Waals surface area contributed by atoms with Crippen molar-refractivity contribution in [2.75, 3.05) is 25.0 Å². The molecular formula is C13H18Cl3N3O2. The molecule has 0 unspecified atom stereocenters. The molecular weight excluding hydrogens is 337 g/mol. The summed E-state index contributed by atoms with van der Waals surface area (Å²) in [5.74, 6) is -0.511. The van der Waals surface area contributed by atoms with Crippen molar-refractivity contribution in [1.29, 1.82) is 0 Å². The zero-order valence-corrected chi connectivity index (χ0v) is 13.9. The van der Waals surface area contributed by atoms with E-state index in [1.54, 1.807) is 25.1 Å². The molecule has 0 aliphatic heterocycles. The second-order valence-electron chi connectivity index (χ2n) is 4.09. The normalized spacial score (nSPS) is 9.71. The van der Waals surface area contributed by atoms with Crippen LogP contribution in [0.15, 0.2) is 18.2 Å². The smallest absolute Gasteiger partial charge is 0.244 e. The highest BCUT2D eigenvalue weighted by Crippen LogP contribution is 2.29. The molecule has 3 N–H and O–H groups in total. The van der Waals surface area contributed by atoms with Gasteiger partial charge in [-0.15, -0.1) is 12.4 Å². The molecule has 0 bridgehead atoms. The fourth-order valence-corrected chi connectivity index (χ4v) is 2.12. The second kappa shape index (κ2) is 9.84. The van der Waals surface area contributed by atoms with E-state index in [0.29, 0.717) is 22.3 Å². The standard InChI is InChI=1S/C13H17Cl2N3O2.ClH/c1-2-18(12(20)6-7-16)8-11(19)17-13-9(14)4-3-5-10(13)15;/h3-5H,2,6-8,16H2,1H3,(H,17,19);1H. The molecule has 0 saturated carbocycles. The topological polar surface area (TPSA) is 75.4 Å². The second-order valence-corrected chi connectivity index (χ2v) is 4.91. The number of anilines is 1. The summed E-state index contributed by atoms with van der Waals surface area (Å²) >= 11 is 11.9. The molecule has 0 fully saturated rings. The Kier molecular flexibility index (Phi) is 9.37. The van der Waals surface area contributed by atoms with Crippen LogP contribution in [0.3, 0.4) is 0 Å². The van der Waals surface area contributed by atoms with Crippen LogP contribution in [0.4, 0.5) is 5.69 Å². The average Bonchev–Trinajstić information content (AvgIpc) is 2.40. The lowest BCUT2D eigenvalue weighted by molar-refractivity contribution is -0.134. The Morgan fingerprint density at radius 1 is 1.29 bits per heavy atom. The molecule has 5 nitrogen and oxygen atoms in total. The van der Waals surface area contributed by atoms with Gasteiger partial charge in [-0.25, -0.2) is 0 Å². The van der Waals surface area contributed by atoms with Crippen LogP contribution in [0.5, 0.6) is 0 Å². The Bertz CT molecular complexity index is 477. The molecule has 0 aromatic heterocycles. The van der Waals surface area contributed by atoms with Crippen molar-refractivity contribution >= 4 is 53.1 Å². The molecule has 1 aromatic carbocycles. The Morgan fingerprint density at radius 2 is 1.86 bits per heavy atom. The number of likely N-dealkylation sites (N-methyl/N-ethyl adjacent to an activating group) is 1. The number of nitrogens with one attached hydrogen (secondary N) is 1. The van der Waals surface area contributed by atoms with E-state index in [1.807, 2.05) is 0 Å². The van der Waals surface area contributed by atoms with Crippen molar-refractivity contribution < 1.29 is 9.59 Å². The van der Waals surface area contributed by atoms with Crippen molar-refractivity contribution in [3.63, 3.8) is 0 Å². The number of nitrogens with zero attached hydrogens (tertiary/aromatic N) is 1. The molecule has 0 spiro atoms. The first-order valence-corrected chi connectivity index (χ1v) is 6.96. The maximum atomic E-state index is 11.9. The molecule has 2 amide bonds. The first-order chi connectivity index (χ1) is 9.49. The number of hydrogen-bond donors (Lipinski definition) is 2. The van der Waals surface area contributed by atoms with Crippen LogP contribution >= 0.6 is 35.6 Å². The molecule has 0 heterocycles. The largest absolute Gasteiger partial charge is 0.334 e. The van der Waals surface area contributed by atoms with Crippen molar-refractivity contribution in [1.82, 2.24) is 4.90 Å². The van der Waals surface area contributed by atoms with E-state index in [-0.39, 0.29) is 43.7 Å². The lowest BCUT2D eigenvalue weighted by Crippen LogP contribution is -2.38. The molecule has 118 valence electrons. The number of para-hydroxylation sites is 1. The summed E-state index contributed by atoms with van der Waals surface area (Å²) in [5, 5.41) is 3.31. The van der Waals surface area contributed by atoms with Crippen LogP contribution in [-0.4, -0.2) is 36.3 Å². The third-order valence-electron chi connectivity index (χ3n) is 2.65. The minimum absolute atomic E-state index is 0. The van der Waals surface area contributed by atoms with Gasteiger partial charge in [0.1, 0.15) is 0 Å². The van der Waals surface area contributed by atoms with Crippen molar-refractivity contribution in [2.24, 2.45) is 5.73 Å². The van der Waals surface area contributed by atoms with E-state index in [4.69, 9.17) is 28.9 Å². The van der Waals surface area contributed by atoms with Crippen molar-refractivity contribution in [3.05, 3.63) is 28.2 Å². The summed E-state index contributed by atoms with van der Waals surface area (Å²) in [4.78, 5) is 25.1. The van der Waals surface area contributed by atoms with Gasteiger partial charge in [-0.2, -0.15) is 0 Å². The lowest BCUT2D eigenvalue weighted by Gasteiger charge is -2.20. The highest BCUT2D eigenvalue weighted by Gasteiger charge is 2.16. The summed E-state index contributed by atoms with van der Waals surface area (Å²) in [6, 6.07) is 4.93. The first kappa shape index (κ1) is 20.0. The van der Waals surface area contributed by atoms with Gasteiger partial charge < -0.3 is 16.0 Å². The molecule has 0 aliphatic carbocycles. The average molecular weight is 355 g/mol. The number of amides is 2. The first-order valence-electron chi connectivity index (χ1n) is 6.21. The van der Waals surface area contributed by atoms with Crippen LogP contribution in [0.1, 0.15) is 13.3 Å². The predicted octanol–water partition coefficient (Wildman–Crippen LogP) is 2.55. The maximum Gasteiger partial charge on any atom is 0.244 e. The minimum Gasteiger partial charge on any atom is -0.334 e. The van der Waals surface area contributed by atoms with Crippen molar-refractivity contribution in [3.8, 4) is 0 Å². The molecule has 1 rings (SSSR count). The minimum atomic E-state index is -0.354. The van der Waals surface area contributed by atoms with Gasteiger partial charge in [0.05, 0.1) is 22.3 Å². The highest BCUT2D eigenvalue weighted by atomic mass is 35.5. The summed E-state index contributed by atoms with van der Waals surface area (Å²) in [6.45, 7) is 2.43. The quantitative estimate of drug-likeness (QED) is 0.824. The van der Waals surface area contributed by atoms with Gasteiger partial charge in [0, 0.05) is 19.5 Å². The van der Waals surface area contributed by atoms with Crippen molar-refractivity contribution in [2.45, 2.75) is 13.3 Å². The Balaban J connectivity index is 0.00000400. The fraction of sp³-hybridized carbons (Fsp3) is 0.385. The molecule has 8 heteroatoms. The number of carbonyl (C=O) groups excluding carboxylic acids is 2. The van der Waals surface area contributed by atoms with E-state index in [2.05, 4.69) is 5.32 Å². The number of nitrogens with two attached hydrogens (primary N) is 1. The summed E-state index contributed by atoms with van der Waals surface area (Å²) in [7, 11) is 0. The SMILES string of the molecule is CCN(CC(=O)Nc1c(Cl)cccc1Cl)C(=O)CCN.Cl. The molecule has 0 saturated heterocycles. The summed E-state index contributed by atoms with van der Waals surface area (Å²) in [5.41, 5.74) is 5.68. The van der Waals surface area contributed by atoms with E-state index in [0.717, 1.165) is 0 Å². The fourth-order valence-electron chi connectivity index (χ4n) is 1.63. The van der Waals surface area contributed by atoms with Gasteiger partial charge in [-0.3, -0.25) is 9.59 Å². The highest BCUT2D eigenvalue weighted by molar-refractivity contribution is 6.39. The van der Waals surface area contributed by atoms with Gasteiger partial charge in [0.2, 0.25) is 11.8 Å². The monoisotopic (exact) mass is 353 g/mol. The molecule has 0 aliphatic rings. The van der Waals surface area contributed by atoms with Gasteiger partial charge in [0.25, 0.3) is 0 Å². The van der Waals surface area contributed by atoms with E-state index >= 15 is 0 Å². The van der Waals surface area contributed by atoms with E-state index in [9.17, 15) is 9.59 Å². The van der Waals surface area contributed by atoms with Gasteiger partial charge in [-0.1, -0.05) is 29.3 Å². The lowest BCUT2D eigenvalue weighted by atomic mass is 10.3. The Labute approximate surface area is 140 Å².